The number of carbonyl (C=O) groups is 4. The van der Waals surface area contributed by atoms with E-state index in [0.717, 1.165) is 23.3 Å². The van der Waals surface area contributed by atoms with Crippen LogP contribution in [0.25, 0.3) is 0 Å². The Labute approximate surface area is 312 Å². The van der Waals surface area contributed by atoms with Gasteiger partial charge in [0, 0.05) is 38.5 Å². The van der Waals surface area contributed by atoms with Crippen molar-refractivity contribution in [1.29, 1.82) is 0 Å². The van der Waals surface area contributed by atoms with Crippen molar-refractivity contribution in [3.63, 3.8) is 0 Å². The number of amides is 3. The highest BCUT2D eigenvalue weighted by molar-refractivity contribution is 7.92. The average molecular weight is 789 g/mol. The molecule has 3 rings (SSSR count). The van der Waals surface area contributed by atoms with Crippen LogP contribution in [0.2, 0.25) is 0 Å². The van der Waals surface area contributed by atoms with Crippen molar-refractivity contribution in [2.24, 2.45) is 5.92 Å². The standard InChI is InChI=1S/C37H49F5N4O7S/c1-4-8-29(9-5-2)54(51,52)22-31(45-34(48)17-26-16-33(47)44-20-26)35(49)46-30(15-25-13-27(38)18-28(39)14-25)32(53-36(50)37(40,41)42)21-43-19-24-11-7-10-23(6-3)12-24/h7,10-14,18,26,29-32,43H,4-6,8-9,15-17,19-22H2,1-3H3,(H,44,47)(H,45,48)(H,46,49)/t26-,30+,31?,32-/m1/s1. The number of alkyl halides is 3. The number of hydrogen-bond donors (Lipinski definition) is 4. The first-order chi connectivity index (χ1) is 25.4. The summed E-state index contributed by atoms with van der Waals surface area (Å²) in [6.45, 7) is 5.30. The molecule has 11 nitrogen and oxygen atoms in total. The van der Waals surface area contributed by atoms with E-state index in [4.69, 9.17) is 4.74 Å². The summed E-state index contributed by atoms with van der Waals surface area (Å²) in [6, 6.07) is 6.21. The van der Waals surface area contributed by atoms with Gasteiger partial charge < -0.3 is 26.0 Å². The normalized spacial score (nSPS) is 16.4. The Bertz CT molecular complexity index is 1680. The first-order valence-corrected chi connectivity index (χ1v) is 19.7. The van der Waals surface area contributed by atoms with Crippen molar-refractivity contribution in [2.75, 3.05) is 18.8 Å². The molecule has 0 aromatic heterocycles. The molecule has 1 unspecified atom stereocenters. The summed E-state index contributed by atoms with van der Waals surface area (Å²) in [5, 5.41) is 9.51. The monoisotopic (exact) mass is 788 g/mol. The van der Waals surface area contributed by atoms with Crippen LogP contribution < -0.4 is 21.3 Å². The Balaban J connectivity index is 2.01. The van der Waals surface area contributed by atoms with Gasteiger partial charge in [0.05, 0.1) is 17.0 Å². The van der Waals surface area contributed by atoms with E-state index < -0.39 is 93.5 Å². The summed E-state index contributed by atoms with van der Waals surface area (Å²) < 4.78 is 102. The van der Waals surface area contributed by atoms with Gasteiger partial charge in [0.25, 0.3) is 0 Å². The highest BCUT2D eigenvalue weighted by atomic mass is 32.2. The molecule has 4 N–H and O–H groups in total. The first-order valence-electron chi connectivity index (χ1n) is 18.0. The lowest BCUT2D eigenvalue weighted by atomic mass is 9.99. The minimum Gasteiger partial charge on any atom is -0.452 e. The topological polar surface area (TPSA) is 160 Å². The van der Waals surface area contributed by atoms with Crippen molar-refractivity contribution in [1.82, 2.24) is 21.3 Å². The van der Waals surface area contributed by atoms with Gasteiger partial charge in [-0.25, -0.2) is 22.0 Å². The van der Waals surface area contributed by atoms with E-state index >= 15 is 0 Å². The summed E-state index contributed by atoms with van der Waals surface area (Å²) in [7, 11) is -4.08. The minimum atomic E-state index is -5.46. The summed E-state index contributed by atoms with van der Waals surface area (Å²) in [5.41, 5.74) is 1.59. The molecule has 300 valence electrons. The van der Waals surface area contributed by atoms with E-state index in [9.17, 15) is 49.5 Å². The Morgan fingerprint density at radius 2 is 1.59 bits per heavy atom. The van der Waals surface area contributed by atoms with Crippen molar-refractivity contribution in [2.45, 2.75) is 108 Å². The molecule has 0 bridgehead atoms. The number of hydrogen-bond acceptors (Lipinski definition) is 8. The number of aryl methyl sites for hydroxylation is 1. The summed E-state index contributed by atoms with van der Waals surface area (Å²) in [6.07, 6.45) is -5.80. The smallest absolute Gasteiger partial charge is 0.452 e. The molecular weight excluding hydrogens is 739 g/mol. The Hall–Kier alpha value is -4.12. The van der Waals surface area contributed by atoms with Crippen LogP contribution in [0.15, 0.2) is 42.5 Å². The Morgan fingerprint density at radius 1 is 0.944 bits per heavy atom. The van der Waals surface area contributed by atoms with Crippen molar-refractivity contribution in [3.05, 3.63) is 70.8 Å². The summed E-state index contributed by atoms with van der Waals surface area (Å²) in [4.78, 5) is 51.2. The van der Waals surface area contributed by atoms with Gasteiger partial charge in [-0.05, 0) is 60.4 Å². The van der Waals surface area contributed by atoms with Crippen LogP contribution in [0.5, 0.6) is 0 Å². The van der Waals surface area contributed by atoms with Gasteiger partial charge in [-0.1, -0.05) is 57.9 Å². The zero-order valence-electron chi connectivity index (χ0n) is 30.6. The quantitative estimate of drug-likeness (QED) is 0.108. The van der Waals surface area contributed by atoms with Crippen molar-refractivity contribution >= 4 is 33.5 Å². The molecule has 2 aromatic rings. The molecule has 0 aliphatic carbocycles. The van der Waals surface area contributed by atoms with Crippen LogP contribution in [0.4, 0.5) is 22.0 Å². The molecule has 1 heterocycles. The van der Waals surface area contributed by atoms with Crippen LogP contribution in [0.3, 0.4) is 0 Å². The molecule has 0 saturated carbocycles. The average Bonchev–Trinajstić information content (AvgIpc) is 3.49. The molecule has 1 aliphatic rings. The summed E-state index contributed by atoms with van der Waals surface area (Å²) in [5.74, 6) is -8.15. The zero-order chi connectivity index (χ0) is 40.1. The van der Waals surface area contributed by atoms with Gasteiger partial charge in [0.1, 0.15) is 23.8 Å². The van der Waals surface area contributed by atoms with E-state index in [1.165, 1.54) is 0 Å². The molecule has 4 atom stereocenters. The largest absolute Gasteiger partial charge is 0.490 e. The molecule has 0 radical (unpaired) electrons. The lowest BCUT2D eigenvalue weighted by molar-refractivity contribution is -0.206. The fraction of sp³-hybridized carbons (Fsp3) is 0.568. The predicted octanol–water partition coefficient (Wildman–Crippen LogP) is 4.21. The molecule has 17 heteroatoms. The maximum absolute atomic E-state index is 14.3. The molecule has 1 aliphatic heterocycles. The Morgan fingerprint density at radius 3 is 2.17 bits per heavy atom. The van der Waals surface area contributed by atoms with Gasteiger partial charge in [-0.15, -0.1) is 0 Å². The minimum absolute atomic E-state index is 0.0336. The third kappa shape index (κ3) is 14.3. The number of benzene rings is 2. The van der Waals surface area contributed by atoms with Gasteiger partial charge in [0.15, 0.2) is 9.84 Å². The van der Waals surface area contributed by atoms with Crippen LogP contribution in [-0.2, 0) is 53.1 Å². The number of nitrogens with one attached hydrogen (secondary N) is 4. The van der Waals surface area contributed by atoms with Crippen LogP contribution >= 0.6 is 0 Å². The summed E-state index contributed by atoms with van der Waals surface area (Å²) >= 11 is 0. The fourth-order valence-electron chi connectivity index (χ4n) is 6.35. The third-order valence-electron chi connectivity index (χ3n) is 9.03. The molecule has 1 saturated heterocycles. The van der Waals surface area contributed by atoms with E-state index in [1.807, 2.05) is 19.1 Å². The van der Waals surface area contributed by atoms with E-state index in [-0.39, 0.29) is 50.2 Å². The highest BCUT2D eigenvalue weighted by Crippen LogP contribution is 2.22. The molecule has 2 aromatic carbocycles. The lowest BCUT2D eigenvalue weighted by Crippen LogP contribution is -2.58. The SMILES string of the molecule is CCCC(CCC)S(=O)(=O)CC(NC(=O)C[C@@H]1CNC(=O)C1)C(=O)N[C@@H](Cc1cc(F)cc(F)c1)[C@@H](CNCc1cccc(CC)c1)OC(=O)C(F)(F)F. The number of carbonyl (C=O) groups excluding carboxylic acids is 4. The van der Waals surface area contributed by atoms with Gasteiger partial charge >= 0.3 is 12.1 Å². The molecule has 54 heavy (non-hydrogen) atoms. The molecular formula is C37H49F5N4O7S. The number of halogens is 5. The maximum atomic E-state index is 14.3. The third-order valence-corrected chi connectivity index (χ3v) is 11.3. The van der Waals surface area contributed by atoms with E-state index in [1.54, 1.807) is 26.0 Å². The predicted molar refractivity (Wildman–Crippen MR) is 191 cm³/mol. The number of sulfone groups is 1. The second-order valence-electron chi connectivity index (χ2n) is 13.6. The first kappa shape index (κ1) is 44.3. The maximum Gasteiger partial charge on any atom is 0.490 e. The fourth-order valence-corrected chi connectivity index (χ4v) is 8.51. The Kier molecular flexibility index (Phi) is 16.8. The van der Waals surface area contributed by atoms with Gasteiger partial charge in [0.2, 0.25) is 17.7 Å². The van der Waals surface area contributed by atoms with Gasteiger partial charge in [-0.3, -0.25) is 14.4 Å². The second kappa shape index (κ2) is 20.5. The van der Waals surface area contributed by atoms with Crippen molar-refractivity contribution in [3.8, 4) is 0 Å². The molecule has 0 spiro atoms. The number of rotatable bonds is 21. The second-order valence-corrected chi connectivity index (χ2v) is 15.9. The van der Waals surface area contributed by atoms with E-state index in [2.05, 4.69) is 21.3 Å². The van der Waals surface area contributed by atoms with Crippen LogP contribution in [-0.4, -0.2) is 80.6 Å². The van der Waals surface area contributed by atoms with Crippen LogP contribution in [0.1, 0.15) is 76.0 Å². The van der Waals surface area contributed by atoms with Crippen molar-refractivity contribution < 1.29 is 54.3 Å². The number of esters is 1. The van der Waals surface area contributed by atoms with Gasteiger partial charge in [-0.2, -0.15) is 13.2 Å². The zero-order valence-corrected chi connectivity index (χ0v) is 31.4. The molecule has 1 fully saturated rings. The molecule has 3 amide bonds. The lowest BCUT2D eigenvalue weighted by Gasteiger charge is -2.31. The highest BCUT2D eigenvalue weighted by Gasteiger charge is 2.44. The van der Waals surface area contributed by atoms with Crippen LogP contribution in [0, 0.1) is 17.6 Å². The van der Waals surface area contributed by atoms with E-state index in [0.29, 0.717) is 25.3 Å². The number of ether oxygens (including phenoxy) is 1.